The highest BCUT2D eigenvalue weighted by atomic mass is 79.9. The molecule has 0 aliphatic heterocycles. The molecule has 0 aliphatic carbocycles. The highest BCUT2D eigenvalue weighted by Crippen LogP contribution is 2.11. The lowest BCUT2D eigenvalue weighted by atomic mass is 10.1. The lowest BCUT2D eigenvalue weighted by Crippen LogP contribution is -2.00. The number of rotatable bonds is 14. The maximum Gasteiger partial charge on any atom is 0.302 e. The second-order valence-electron chi connectivity index (χ2n) is 5.26. The Morgan fingerprint density at radius 2 is 1.35 bits per heavy atom. The molecule has 0 N–H and O–H groups in total. The molecule has 0 radical (unpaired) electrons. The van der Waals surface area contributed by atoms with Gasteiger partial charge in [0.05, 0.1) is 6.61 Å². The Balaban J connectivity index is 3.01. The van der Waals surface area contributed by atoms with Gasteiger partial charge in [-0.15, -0.1) is 0 Å². The Bertz CT molecular complexity index is 239. The standard InChI is InChI=1S/C17H31BrO2/c1-17(19)20-16-14-12-10-8-6-4-2-3-5-7-9-11-13-15-18/h9,11H,2-8,10,12-16H2,1H3/b11-9-. The molecule has 0 aromatic carbocycles. The van der Waals surface area contributed by atoms with Crippen molar-refractivity contribution in [3.05, 3.63) is 12.2 Å². The molecular weight excluding hydrogens is 316 g/mol. The van der Waals surface area contributed by atoms with Crippen molar-refractivity contribution < 1.29 is 9.53 Å². The molecule has 0 atom stereocenters. The van der Waals surface area contributed by atoms with Crippen LogP contribution in [0.2, 0.25) is 0 Å². The van der Waals surface area contributed by atoms with Gasteiger partial charge in [-0.25, -0.2) is 0 Å². The number of halogens is 1. The second-order valence-corrected chi connectivity index (χ2v) is 6.05. The number of hydrogen-bond donors (Lipinski definition) is 0. The Morgan fingerprint density at radius 3 is 1.90 bits per heavy atom. The average molecular weight is 347 g/mol. The van der Waals surface area contributed by atoms with Crippen LogP contribution in [0, 0.1) is 0 Å². The molecular formula is C17H31BrO2. The van der Waals surface area contributed by atoms with Gasteiger partial charge in [0.25, 0.3) is 0 Å². The molecule has 0 spiro atoms. The van der Waals surface area contributed by atoms with E-state index < -0.39 is 0 Å². The van der Waals surface area contributed by atoms with Crippen LogP contribution in [-0.4, -0.2) is 17.9 Å². The summed E-state index contributed by atoms with van der Waals surface area (Å²) >= 11 is 3.42. The largest absolute Gasteiger partial charge is 0.466 e. The van der Waals surface area contributed by atoms with Gasteiger partial charge >= 0.3 is 5.97 Å². The Hall–Kier alpha value is -0.310. The summed E-state index contributed by atoms with van der Waals surface area (Å²) in [4.78, 5) is 10.5. The van der Waals surface area contributed by atoms with E-state index in [2.05, 4.69) is 28.1 Å². The zero-order chi connectivity index (χ0) is 14.9. The van der Waals surface area contributed by atoms with Crippen molar-refractivity contribution in [2.24, 2.45) is 0 Å². The van der Waals surface area contributed by atoms with Crippen LogP contribution < -0.4 is 0 Å². The van der Waals surface area contributed by atoms with Crippen LogP contribution in [-0.2, 0) is 9.53 Å². The van der Waals surface area contributed by atoms with Gasteiger partial charge < -0.3 is 4.74 Å². The first kappa shape index (κ1) is 19.7. The van der Waals surface area contributed by atoms with E-state index >= 15 is 0 Å². The molecule has 0 aromatic heterocycles. The van der Waals surface area contributed by atoms with E-state index in [1.165, 1.54) is 64.7 Å². The third kappa shape index (κ3) is 17.7. The highest BCUT2D eigenvalue weighted by Gasteiger charge is 1.94. The lowest BCUT2D eigenvalue weighted by Gasteiger charge is -2.03. The van der Waals surface area contributed by atoms with Gasteiger partial charge in [0.2, 0.25) is 0 Å². The van der Waals surface area contributed by atoms with Crippen LogP contribution in [0.5, 0.6) is 0 Å². The molecule has 0 aliphatic rings. The smallest absolute Gasteiger partial charge is 0.302 e. The first-order chi connectivity index (χ1) is 9.77. The molecule has 0 unspecified atom stereocenters. The van der Waals surface area contributed by atoms with Crippen molar-refractivity contribution in [1.29, 1.82) is 0 Å². The van der Waals surface area contributed by atoms with Crippen molar-refractivity contribution in [3.63, 3.8) is 0 Å². The highest BCUT2D eigenvalue weighted by molar-refractivity contribution is 9.09. The monoisotopic (exact) mass is 346 g/mol. The summed E-state index contributed by atoms with van der Waals surface area (Å²) in [5.74, 6) is -0.160. The van der Waals surface area contributed by atoms with Crippen LogP contribution in [0.4, 0.5) is 0 Å². The number of carbonyl (C=O) groups is 1. The van der Waals surface area contributed by atoms with Gasteiger partial charge in [0.15, 0.2) is 0 Å². The van der Waals surface area contributed by atoms with Crippen LogP contribution in [0.25, 0.3) is 0 Å². The molecule has 0 bridgehead atoms. The lowest BCUT2D eigenvalue weighted by molar-refractivity contribution is -0.141. The fraction of sp³-hybridized carbons (Fsp3) is 0.824. The summed E-state index contributed by atoms with van der Waals surface area (Å²) in [5, 5.41) is 1.07. The second kappa shape index (κ2) is 16.7. The first-order valence-corrected chi connectivity index (χ1v) is 9.24. The van der Waals surface area contributed by atoms with Gasteiger partial charge in [-0.2, -0.15) is 0 Å². The predicted molar refractivity (Wildman–Crippen MR) is 90.4 cm³/mol. The third-order valence-corrected chi connectivity index (χ3v) is 3.72. The molecule has 0 rings (SSSR count). The van der Waals surface area contributed by atoms with Crippen LogP contribution >= 0.6 is 15.9 Å². The van der Waals surface area contributed by atoms with Crippen molar-refractivity contribution in [1.82, 2.24) is 0 Å². The van der Waals surface area contributed by atoms with Gasteiger partial charge in [0, 0.05) is 12.3 Å². The molecule has 0 saturated heterocycles. The van der Waals surface area contributed by atoms with Crippen LogP contribution in [0.15, 0.2) is 12.2 Å². The molecule has 0 fully saturated rings. The molecule has 118 valence electrons. The molecule has 0 aromatic rings. The number of allylic oxidation sites excluding steroid dienone is 2. The maximum absolute atomic E-state index is 10.5. The number of carbonyl (C=O) groups excluding carboxylic acids is 1. The Labute approximate surface area is 133 Å². The van der Waals surface area contributed by atoms with E-state index in [9.17, 15) is 4.79 Å². The van der Waals surface area contributed by atoms with Crippen LogP contribution in [0.3, 0.4) is 0 Å². The number of alkyl halides is 1. The maximum atomic E-state index is 10.5. The minimum Gasteiger partial charge on any atom is -0.466 e. The van der Waals surface area contributed by atoms with E-state index in [0.29, 0.717) is 6.61 Å². The number of unbranched alkanes of at least 4 members (excludes halogenated alkanes) is 9. The summed E-state index contributed by atoms with van der Waals surface area (Å²) in [6, 6.07) is 0. The zero-order valence-electron chi connectivity index (χ0n) is 13.0. The van der Waals surface area contributed by atoms with Crippen molar-refractivity contribution in [2.45, 2.75) is 77.6 Å². The van der Waals surface area contributed by atoms with E-state index in [-0.39, 0.29) is 5.97 Å². The quantitative estimate of drug-likeness (QED) is 0.172. The zero-order valence-corrected chi connectivity index (χ0v) is 14.6. The molecule has 0 heterocycles. The summed E-state index contributed by atoms with van der Waals surface area (Å²) < 4.78 is 4.90. The van der Waals surface area contributed by atoms with Crippen molar-refractivity contribution in [3.8, 4) is 0 Å². The molecule has 0 saturated carbocycles. The van der Waals surface area contributed by atoms with E-state index in [1.807, 2.05) is 0 Å². The minimum absolute atomic E-state index is 0.160. The van der Waals surface area contributed by atoms with Crippen molar-refractivity contribution in [2.75, 3.05) is 11.9 Å². The average Bonchev–Trinajstić information content (AvgIpc) is 2.43. The molecule has 2 nitrogen and oxygen atoms in total. The number of esters is 1. The first-order valence-electron chi connectivity index (χ1n) is 8.11. The van der Waals surface area contributed by atoms with Crippen LogP contribution in [0.1, 0.15) is 77.6 Å². The van der Waals surface area contributed by atoms with Gasteiger partial charge in [-0.1, -0.05) is 73.0 Å². The van der Waals surface area contributed by atoms with Gasteiger partial charge in [0.1, 0.15) is 0 Å². The molecule has 3 heteroatoms. The van der Waals surface area contributed by atoms with Gasteiger partial charge in [-0.05, 0) is 25.7 Å². The van der Waals surface area contributed by atoms with E-state index in [0.717, 1.165) is 18.2 Å². The molecule has 20 heavy (non-hydrogen) atoms. The minimum atomic E-state index is -0.160. The Kier molecular flexibility index (Phi) is 16.5. The SMILES string of the molecule is CC(=O)OCCCCCCCCCCC/C=C\CCBr. The Morgan fingerprint density at radius 1 is 0.850 bits per heavy atom. The molecule has 0 amide bonds. The number of hydrogen-bond acceptors (Lipinski definition) is 2. The van der Waals surface area contributed by atoms with Gasteiger partial charge in [-0.3, -0.25) is 4.79 Å². The van der Waals surface area contributed by atoms with E-state index in [1.54, 1.807) is 0 Å². The topological polar surface area (TPSA) is 26.3 Å². The predicted octanol–water partition coefficient (Wildman–Crippen LogP) is 5.79. The summed E-state index contributed by atoms with van der Waals surface area (Å²) in [6.45, 7) is 2.06. The fourth-order valence-corrected chi connectivity index (χ4v) is 2.38. The summed E-state index contributed by atoms with van der Waals surface area (Å²) in [6.07, 6.45) is 18.6. The fourth-order valence-electron chi connectivity index (χ4n) is 2.12. The summed E-state index contributed by atoms with van der Waals surface area (Å²) in [5.41, 5.74) is 0. The van der Waals surface area contributed by atoms with E-state index in [4.69, 9.17) is 4.74 Å². The van der Waals surface area contributed by atoms with Crippen molar-refractivity contribution >= 4 is 21.9 Å². The third-order valence-electron chi connectivity index (χ3n) is 3.26. The summed E-state index contributed by atoms with van der Waals surface area (Å²) in [7, 11) is 0. The normalized spacial score (nSPS) is 11.1. The number of ether oxygens (including phenoxy) is 1.